The second-order valence-electron chi connectivity index (χ2n) is 8.31. The maximum Gasteiger partial charge on any atom is 0.282 e. The predicted molar refractivity (Wildman–Crippen MR) is 117 cm³/mol. The molecule has 2 aliphatic heterocycles. The zero-order valence-corrected chi connectivity index (χ0v) is 17.2. The van der Waals surface area contributed by atoms with Gasteiger partial charge < -0.3 is 14.4 Å². The minimum atomic E-state index is -0.895. The number of fused-ring (bicyclic) bond motifs is 1. The Hall–Kier alpha value is -3.01. The molecule has 154 valence electrons. The lowest BCUT2D eigenvalue weighted by Crippen LogP contribution is -2.36. The number of carbonyl (C=O) groups excluding carboxylic acids is 1. The highest BCUT2D eigenvalue weighted by Crippen LogP contribution is 2.48. The number of rotatable bonds is 4. The fourth-order valence-electron chi connectivity index (χ4n) is 4.54. The molecular weight excluding hydrogens is 374 g/mol. The van der Waals surface area contributed by atoms with Crippen LogP contribution in [0.1, 0.15) is 54.4 Å². The highest BCUT2D eigenvalue weighted by Gasteiger charge is 2.44. The first-order valence-electron chi connectivity index (χ1n) is 10.9. The molecule has 1 saturated heterocycles. The Kier molecular flexibility index (Phi) is 5.07. The summed E-state index contributed by atoms with van der Waals surface area (Å²) in [6.45, 7) is 1.67. The van der Waals surface area contributed by atoms with Gasteiger partial charge in [-0.25, -0.2) is 0 Å². The van der Waals surface area contributed by atoms with E-state index in [4.69, 9.17) is 9.47 Å². The zero-order chi connectivity index (χ0) is 20.4. The molecule has 1 unspecified atom stereocenters. The molecule has 30 heavy (non-hydrogen) atoms. The molecule has 0 N–H and O–H groups in total. The van der Waals surface area contributed by atoms with Crippen molar-refractivity contribution in [1.82, 2.24) is 4.90 Å². The van der Waals surface area contributed by atoms with Gasteiger partial charge in [-0.1, -0.05) is 54.1 Å². The molecule has 2 aromatic rings. The van der Waals surface area contributed by atoms with Crippen LogP contribution in [0.3, 0.4) is 0 Å². The summed E-state index contributed by atoms with van der Waals surface area (Å²) in [5, 5.41) is 0. The third-order valence-corrected chi connectivity index (χ3v) is 6.16. The normalized spacial score (nSPS) is 22.7. The van der Waals surface area contributed by atoms with Crippen LogP contribution < -0.4 is 9.47 Å². The molecule has 1 amide bonds. The Balaban J connectivity index is 1.45. The van der Waals surface area contributed by atoms with Crippen molar-refractivity contribution in [1.29, 1.82) is 0 Å². The number of likely N-dealkylation sites (tertiary alicyclic amines) is 1. The van der Waals surface area contributed by atoms with Crippen LogP contribution >= 0.6 is 0 Å². The summed E-state index contributed by atoms with van der Waals surface area (Å²) in [6, 6.07) is 15.7. The molecule has 3 aliphatic rings. The van der Waals surface area contributed by atoms with E-state index in [2.05, 4.69) is 18.2 Å². The Labute approximate surface area is 177 Å². The fourth-order valence-corrected chi connectivity index (χ4v) is 4.54. The van der Waals surface area contributed by atoms with Crippen molar-refractivity contribution in [2.45, 2.75) is 44.3 Å². The SMILES string of the molecule is O=C(c1ccc2c(c1)OC(CC1=CC=CCC1)(c1ccccc1)O2)N1CCCCC1. The second-order valence-corrected chi connectivity index (χ2v) is 8.31. The lowest BCUT2D eigenvalue weighted by atomic mass is 9.93. The Bertz CT molecular complexity index is 989. The summed E-state index contributed by atoms with van der Waals surface area (Å²) in [5.74, 6) is 0.529. The number of nitrogens with zero attached hydrogens (tertiary/aromatic N) is 1. The van der Waals surface area contributed by atoms with E-state index < -0.39 is 5.79 Å². The summed E-state index contributed by atoms with van der Waals surface area (Å²) in [4.78, 5) is 14.9. The van der Waals surface area contributed by atoms with Crippen LogP contribution in [0.4, 0.5) is 0 Å². The minimum absolute atomic E-state index is 0.0819. The summed E-state index contributed by atoms with van der Waals surface area (Å²) in [6.07, 6.45) is 12.5. The predicted octanol–water partition coefficient (Wildman–Crippen LogP) is 5.60. The molecule has 1 atom stereocenters. The van der Waals surface area contributed by atoms with Crippen LogP contribution in [0, 0.1) is 0 Å². The highest BCUT2D eigenvalue weighted by molar-refractivity contribution is 5.95. The van der Waals surface area contributed by atoms with E-state index in [1.165, 1.54) is 12.0 Å². The van der Waals surface area contributed by atoms with E-state index in [9.17, 15) is 4.79 Å². The van der Waals surface area contributed by atoms with Crippen LogP contribution in [-0.2, 0) is 5.79 Å². The number of ether oxygens (including phenoxy) is 2. The highest BCUT2D eigenvalue weighted by atomic mass is 16.7. The van der Waals surface area contributed by atoms with Crippen molar-refractivity contribution in [3.63, 3.8) is 0 Å². The summed E-state index contributed by atoms with van der Waals surface area (Å²) >= 11 is 0. The van der Waals surface area contributed by atoms with Crippen molar-refractivity contribution in [3.05, 3.63) is 83.5 Å². The topological polar surface area (TPSA) is 38.8 Å². The Morgan fingerprint density at radius 1 is 0.967 bits per heavy atom. The first-order chi connectivity index (χ1) is 14.7. The lowest BCUT2D eigenvalue weighted by Gasteiger charge is -2.29. The number of carbonyl (C=O) groups is 1. The van der Waals surface area contributed by atoms with Gasteiger partial charge in [-0.3, -0.25) is 4.79 Å². The fraction of sp³-hybridized carbons (Fsp3) is 0.346. The van der Waals surface area contributed by atoms with Gasteiger partial charge in [0.25, 0.3) is 11.7 Å². The Morgan fingerprint density at radius 3 is 2.53 bits per heavy atom. The van der Waals surface area contributed by atoms with Crippen LogP contribution in [0.2, 0.25) is 0 Å². The van der Waals surface area contributed by atoms with Crippen LogP contribution in [0.5, 0.6) is 11.5 Å². The molecule has 0 bridgehead atoms. The third-order valence-electron chi connectivity index (χ3n) is 6.16. The third kappa shape index (κ3) is 3.62. The first kappa shape index (κ1) is 19.0. The number of allylic oxidation sites excluding steroid dienone is 3. The summed E-state index contributed by atoms with van der Waals surface area (Å²) < 4.78 is 13.0. The van der Waals surface area contributed by atoms with Gasteiger partial charge in [-0.15, -0.1) is 0 Å². The molecule has 4 heteroatoms. The van der Waals surface area contributed by atoms with Gasteiger partial charge in [0.05, 0.1) is 6.42 Å². The monoisotopic (exact) mass is 401 g/mol. The molecule has 1 fully saturated rings. The molecular formula is C26H27NO3. The summed E-state index contributed by atoms with van der Waals surface area (Å²) in [5.41, 5.74) is 2.96. The molecule has 5 rings (SSSR count). The second kappa shape index (κ2) is 8.02. The average Bonchev–Trinajstić information content (AvgIpc) is 3.19. The maximum absolute atomic E-state index is 13.0. The van der Waals surface area contributed by atoms with Gasteiger partial charge >= 0.3 is 0 Å². The first-order valence-corrected chi connectivity index (χ1v) is 10.9. The molecule has 2 aromatic carbocycles. The van der Waals surface area contributed by atoms with Gasteiger partial charge in [-0.05, 0) is 50.3 Å². The van der Waals surface area contributed by atoms with Crippen molar-refractivity contribution < 1.29 is 14.3 Å². The van der Waals surface area contributed by atoms with Crippen LogP contribution in [0.25, 0.3) is 0 Å². The lowest BCUT2D eigenvalue weighted by molar-refractivity contribution is -0.0859. The molecule has 1 aliphatic carbocycles. The minimum Gasteiger partial charge on any atom is -0.444 e. The van der Waals surface area contributed by atoms with Crippen molar-refractivity contribution in [2.24, 2.45) is 0 Å². The number of benzene rings is 2. The van der Waals surface area contributed by atoms with E-state index in [0.717, 1.165) is 44.3 Å². The molecule has 0 radical (unpaired) electrons. The van der Waals surface area contributed by atoms with Gasteiger partial charge in [0.2, 0.25) is 0 Å². The quantitative estimate of drug-likeness (QED) is 0.669. The van der Waals surface area contributed by atoms with Crippen LogP contribution in [-0.4, -0.2) is 23.9 Å². The van der Waals surface area contributed by atoms with E-state index in [-0.39, 0.29) is 5.91 Å². The smallest absolute Gasteiger partial charge is 0.282 e. The molecule has 4 nitrogen and oxygen atoms in total. The van der Waals surface area contributed by atoms with Gasteiger partial charge in [0, 0.05) is 24.2 Å². The number of piperidine rings is 1. The van der Waals surface area contributed by atoms with E-state index in [1.807, 2.05) is 53.4 Å². The van der Waals surface area contributed by atoms with Crippen LogP contribution in [0.15, 0.2) is 72.3 Å². The summed E-state index contributed by atoms with van der Waals surface area (Å²) in [7, 11) is 0. The molecule has 0 spiro atoms. The number of amides is 1. The average molecular weight is 402 g/mol. The van der Waals surface area contributed by atoms with Crippen molar-refractivity contribution in [3.8, 4) is 11.5 Å². The largest absolute Gasteiger partial charge is 0.444 e. The number of hydrogen-bond acceptors (Lipinski definition) is 3. The molecule has 0 aromatic heterocycles. The molecule has 0 saturated carbocycles. The van der Waals surface area contributed by atoms with Gasteiger partial charge in [0.15, 0.2) is 11.5 Å². The maximum atomic E-state index is 13.0. The van der Waals surface area contributed by atoms with Gasteiger partial charge in [-0.2, -0.15) is 0 Å². The van der Waals surface area contributed by atoms with Crippen molar-refractivity contribution in [2.75, 3.05) is 13.1 Å². The number of hydrogen-bond donors (Lipinski definition) is 0. The van der Waals surface area contributed by atoms with Crippen molar-refractivity contribution >= 4 is 5.91 Å². The van der Waals surface area contributed by atoms with Gasteiger partial charge in [0.1, 0.15) is 0 Å². The standard InChI is InChI=1S/C26H27NO3/c28-25(27-16-8-3-9-17-27)21-14-15-23-24(18-21)30-26(29-23,22-12-6-2-7-13-22)19-20-10-4-1-5-11-20/h1-2,4,6-7,10,12-15,18H,3,5,8-9,11,16-17,19H2. The van der Waals surface area contributed by atoms with E-state index in [0.29, 0.717) is 23.5 Å². The zero-order valence-electron chi connectivity index (χ0n) is 17.2. The van der Waals surface area contributed by atoms with E-state index in [1.54, 1.807) is 0 Å². The Morgan fingerprint density at radius 2 is 1.77 bits per heavy atom. The van der Waals surface area contributed by atoms with E-state index >= 15 is 0 Å². The molecule has 2 heterocycles.